The van der Waals surface area contributed by atoms with Gasteiger partial charge in [-0.05, 0) is 31.3 Å². The quantitative estimate of drug-likeness (QED) is 0.118. The highest BCUT2D eigenvalue weighted by Crippen LogP contribution is 2.03. The van der Waals surface area contributed by atoms with Crippen LogP contribution in [0.15, 0.2) is 0 Å². The van der Waals surface area contributed by atoms with Gasteiger partial charge in [0.25, 0.3) is 0 Å². The topological polar surface area (TPSA) is 183 Å². The van der Waals surface area contributed by atoms with Crippen LogP contribution in [0.5, 0.6) is 0 Å². The molecule has 0 saturated heterocycles. The molecule has 0 fully saturated rings. The summed E-state index contributed by atoms with van der Waals surface area (Å²) in [4.78, 5) is 34.9. The van der Waals surface area contributed by atoms with Gasteiger partial charge >= 0.3 is 5.97 Å². The number of carboxylic acid groups (broad SMARTS) is 1. The van der Waals surface area contributed by atoms with Gasteiger partial charge in [0.05, 0.1) is 6.54 Å². The lowest BCUT2D eigenvalue weighted by Gasteiger charge is -2.21. The fraction of sp³-hybridized carbons (Fsp3) is 0.692. The van der Waals surface area contributed by atoms with E-state index in [1.807, 2.05) is 6.26 Å². The third kappa shape index (κ3) is 9.90. The largest absolute Gasteiger partial charge is 0.480 e. The van der Waals surface area contributed by atoms with E-state index >= 15 is 0 Å². The Balaban J connectivity index is 4.71. The molecular formula is C13H26N6O4S. The molecule has 0 heterocycles. The summed E-state index contributed by atoms with van der Waals surface area (Å²) in [5.41, 5.74) is 10.4. The Hall–Kier alpha value is -2.01. The van der Waals surface area contributed by atoms with Crippen LogP contribution in [0.1, 0.15) is 19.3 Å². The highest BCUT2D eigenvalue weighted by atomic mass is 32.2. The molecule has 0 aliphatic carbocycles. The lowest BCUT2D eigenvalue weighted by atomic mass is 10.1. The van der Waals surface area contributed by atoms with E-state index in [1.165, 1.54) is 11.8 Å². The zero-order valence-corrected chi connectivity index (χ0v) is 14.4. The summed E-state index contributed by atoms with van der Waals surface area (Å²) >= 11 is 1.48. The van der Waals surface area contributed by atoms with E-state index in [4.69, 9.17) is 22.0 Å². The van der Waals surface area contributed by atoms with Crippen LogP contribution in [0.25, 0.3) is 0 Å². The number of rotatable bonds is 12. The third-order valence-electron chi connectivity index (χ3n) is 3.05. The smallest absolute Gasteiger partial charge is 0.326 e. The summed E-state index contributed by atoms with van der Waals surface area (Å²) in [7, 11) is 0. The van der Waals surface area contributed by atoms with Crippen molar-refractivity contribution < 1.29 is 19.5 Å². The van der Waals surface area contributed by atoms with Crippen molar-refractivity contribution in [3.63, 3.8) is 0 Å². The lowest BCUT2D eigenvalue weighted by molar-refractivity contribution is -0.142. The number of nitrogens with one attached hydrogen (secondary N) is 4. The Labute approximate surface area is 145 Å². The van der Waals surface area contributed by atoms with Crippen molar-refractivity contribution in [3.8, 4) is 0 Å². The first kappa shape index (κ1) is 22.0. The molecule has 0 aliphatic heterocycles. The Morgan fingerprint density at radius 3 is 2.38 bits per heavy atom. The van der Waals surface area contributed by atoms with E-state index in [2.05, 4.69) is 16.0 Å². The normalized spacial score (nSPS) is 12.8. The monoisotopic (exact) mass is 362 g/mol. The molecular weight excluding hydrogens is 336 g/mol. The molecule has 0 rings (SSSR count). The van der Waals surface area contributed by atoms with Gasteiger partial charge in [-0.3, -0.25) is 15.0 Å². The molecule has 0 aromatic carbocycles. The van der Waals surface area contributed by atoms with Crippen molar-refractivity contribution in [2.24, 2.45) is 11.5 Å². The zero-order chi connectivity index (χ0) is 18.5. The number of guanidine groups is 1. The van der Waals surface area contributed by atoms with Crippen LogP contribution in [0, 0.1) is 5.41 Å². The fourth-order valence-electron chi connectivity index (χ4n) is 1.82. The molecule has 2 unspecified atom stereocenters. The van der Waals surface area contributed by atoms with Crippen molar-refractivity contribution in [1.82, 2.24) is 16.0 Å². The van der Waals surface area contributed by atoms with E-state index < -0.39 is 29.9 Å². The Morgan fingerprint density at radius 1 is 1.21 bits per heavy atom. The molecule has 24 heavy (non-hydrogen) atoms. The lowest BCUT2D eigenvalue weighted by Crippen LogP contribution is -2.52. The second-order valence-corrected chi connectivity index (χ2v) is 5.97. The Kier molecular flexibility index (Phi) is 11.4. The van der Waals surface area contributed by atoms with Crippen molar-refractivity contribution in [1.29, 1.82) is 5.41 Å². The minimum Gasteiger partial charge on any atom is -0.480 e. The molecule has 0 saturated carbocycles. The summed E-state index contributed by atoms with van der Waals surface area (Å²) in [6.45, 7) is 0.0801. The second-order valence-electron chi connectivity index (χ2n) is 4.99. The number of carbonyl (C=O) groups is 3. The summed E-state index contributed by atoms with van der Waals surface area (Å²) in [6.07, 6.45) is 2.83. The zero-order valence-electron chi connectivity index (χ0n) is 13.6. The van der Waals surface area contributed by atoms with Crippen LogP contribution >= 0.6 is 11.8 Å². The molecule has 9 N–H and O–H groups in total. The van der Waals surface area contributed by atoms with E-state index in [9.17, 15) is 14.4 Å². The molecule has 0 aliphatic rings. The predicted molar refractivity (Wildman–Crippen MR) is 92.7 cm³/mol. The van der Waals surface area contributed by atoms with Crippen molar-refractivity contribution in [2.45, 2.75) is 31.3 Å². The predicted octanol–water partition coefficient (Wildman–Crippen LogP) is -1.98. The van der Waals surface area contributed by atoms with Gasteiger partial charge in [-0.25, -0.2) is 4.79 Å². The number of thioether (sulfide) groups is 1. The Morgan fingerprint density at radius 2 is 1.88 bits per heavy atom. The van der Waals surface area contributed by atoms with Gasteiger partial charge in [0.1, 0.15) is 12.1 Å². The molecule has 0 radical (unpaired) electrons. The van der Waals surface area contributed by atoms with Gasteiger partial charge in [0.2, 0.25) is 11.8 Å². The van der Waals surface area contributed by atoms with Gasteiger partial charge in [0.15, 0.2) is 5.96 Å². The number of hydrogen-bond acceptors (Lipinski definition) is 6. The second kappa shape index (κ2) is 12.4. The number of aliphatic carboxylic acids is 1. The van der Waals surface area contributed by atoms with Crippen LogP contribution in [0.2, 0.25) is 0 Å². The van der Waals surface area contributed by atoms with Gasteiger partial charge in [0, 0.05) is 6.54 Å². The highest BCUT2D eigenvalue weighted by Gasteiger charge is 2.25. The van der Waals surface area contributed by atoms with E-state index in [1.54, 1.807) is 0 Å². The standard InChI is InChI=1S/C13H26N6O4S/c1-24-6-4-9(12(22)23)19-11(21)8(18-10(20)7-14)3-2-5-17-13(15)16/h8-9H,2-7,14H2,1H3,(H,18,20)(H,19,21)(H,22,23)(H4,15,16,17). The number of carboxylic acids is 1. The summed E-state index contributed by atoms with van der Waals surface area (Å²) in [6, 6.07) is -1.91. The average molecular weight is 362 g/mol. The molecule has 0 aromatic rings. The van der Waals surface area contributed by atoms with E-state index in [0.29, 0.717) is 18.7 Å². The maximum absolute atomic E-state index is 12.3. The van der Waals surface area contributed by atoms with Crippen LogP contribution in [-0.2, 0) is 14.4 Å². The summed E-state index contributed by atoms with van der Waals surface area (Å²) < 4.78 is 0. The minimum atomic E-state index is -1.13. The molecule has 10 nitrogen and oxygen atoms in total. The van der Waals surface area contributed by atoms with Gasteiger partial charge < -0.3 is 32.5 Å². The number of carbonyl (C=O) groups excluding carboxylic acids is 2. The van der Waals surface area contributed by atoms with Gasteiger partial charge in [-0.2, -0.15) is 11.8 Å². The first-order chi connectivity index (χ1) is 11.3. The molecule has 2 atom stereocenters. The van der Waals surface area contributed by atoms with Gasteiger partial charge in [-0.15, -0.1) is 0 Å². The molecule has 0 bridgehead atoms. The minimum absolute atomic E-state index is 0.190. The molecule has 0 spiro atoms. The molecule has 0 aromatic heterocycles. The Bertz CT molecular complexity index is 448. The summed E-state index contributed by atoms with van der Waals surface area (Å²) in [5.74, 6) is -1.82. The fourth-order valence-corrected chi connectivity index (χ4v) is 2.29. The number of amides is 2. The van der Waals surface area contributed by atoms with E-state index in [0.717, 1.165) is 0 Å². The highest BCUT2D eigenvalue weighted by molar-refractivity contribution is 7.98. The van der Waals surface area contributed by atoms with Crippen LogP contribution in [0.4, 0.5) is 0 Å². The maximum atomic E-state index is 12.3. The first-order valence-electron chi connectivity index (χ1n) is 7.41. The van der Waals surface area contributed by atoms with Crippen molar-refractivity contribution >= 4 is 35.5 Å². The molecule has 138 valence electrons. The summed E-state index contributed by atoms with van der Waals surface area (Å²) in [5, 5.41) is 23.7. The van der Waals surface area contributed by atoms with Crippen molar-refractivity contribution in [2.75, 3.05) is 25.1 Å². The van der Waals surface area contributed by atoms with Gasteiger partial charge in [-0.1, -0.05) is 0 Å². The van der Waals surface area contributed by atoms with E-state index in [-0.39, 0.29) is 25.3 Å². The maximum Gasteiger partial charge on any atom is 0.326 e. The number of nitrogens with two attached hydrogens (primary N) is 2. The average Bonchev–Trinajstić information content (AvgIpc) is 2.53. The van der Waals surface area contributed by atoms with Crippen LogP contribution < -0.4 is 27.4 Å². The SMILES string of the molecule is CSCCC(NC(=O)C(CCCNC(=N)N)NC(=O)CN)C(=O)O. The number of hydrogen-bond donors (Lipinski definition) is 7. The van der Waals surface area contributed by atoms with Crippen molar-refractivity contribution in [3.05, 3.63) is 0 Å². The first-order valence-corrected chi connectivity index (χ1v) is 8.80. The van der Waals surface area contributed by atoms with Crippen LogP contribution in [-0.4, -0.2) is 66.0 Å². The van der Waals surface area contributed by atoms with Crippen LogP contribution in [0.3, 0.4) is 0 Å². The molecule has 11 heteroatoms. The molecule has 2 amide bonds. The third-order valence-corrected chi connectivity index (χ3v) is 3.69.